The zero-order valence-corrected chi connectivity index (χ0v) is 12.6. The van der Waals surface area contributed by atoms with E-state index in [1.54, 1.807) is 0 Å². The number of piperazine rings is 1. The van der Waals surface area contributed by atoms with Crippen molar-refractivity contribution in [1.29, 1.82) is 0 Å². The predicted molar refractivity (Wildman–Crippen MR) is 70.8 cm³/mol. The second-order valence-corrected chi connectivity index (χ2v) is 7.06. The van der Waals surface area contributed by atoms with Crippen LogP contribution in [0.1, 0.15) is 5.56 Å². The second-order valence-electron chi connectivity index (χ2n) is 4.30. The van der Waals surface area contributed by atoms with Gasteiger partial charge in [-0.05, 0) is 34.1 Å². The van der Waals surface area contributed by atoms with Gasteiger partial charge in [-0.15, -0.1) is 0 Å². The summed E-state index contributed by atoms with van der Waals surface area (Å²) in [6.45, 7) is 1.45. The quantitative estimate of drug-likeness (QED) is 0.864. The van der Waals surface area contributed by atoms with Gasteiger partial charge in [0, 0.05) is 30.7 Å². The summed E-state index contributed by atoms with van der Waals surface area (Å²) in [5, 5.41) is 2.99. The van der Waals surface area contributed by atoms with Crippen LogP contribution in [0.4, 0.5) is 13.2 Å². The van der Waals surface area contributed by atoms with Crippen LogP contribution in [0, 0.1) is 0 Å². The lowest BCUT2D eigenvalue weighted by molar-refractivity contribution is -0.137. The normalized spacial score (nSPS) is 18.2. The Balaban J connectivity index is 2.45. The van der Waals surface area contributed by atoms with E-state index in [4.69, 9.17) is 0 Å². The van der Waals surface area contributed by atoms with Gasteiger partial charge < -0.3 is 5.32 Å². The first kappa shape index (κ1) is 15.7. The summed E-state index contributed by atoms with van der Waals surface area (Å²) in [7, 11) is -3.93. The Bertz CT molecular complexity index is 598. The van der Waals surface area contributed by atoms with Crippen molar-refractivity contribution in [3.8, 4) is 0 Å². The van der Waals surface area contributed by atoms with E-state index in [1.807, 2.05) is 0 Å². The Hall–Kier alpha value is -0.640. The first-order valence-electron chi connectivity index (χ1n) is 5.80. The molecular formula is C11H12BrF3N2O2S. The van der Waals surface area contributed by atoms with E-state index in [-0.39, 0.29) is 22.5 Å². The van der Waals surface area contributed by atoms with Crippen LogP contribution in [-0.2, 0) is 16.2 Å². The average Bonchev–Trinajstić information content (AvgIpc) is 2.38. The summed E-state index contributed by atoms with van der Waals surface area (Å²) in [4.78, 5) is -0.353. The lowest BCUT2D eigenvalue weighted by Gasteiger charge is -2.27. The van der Waals surface area contributed by atoms with Crippen molar-refractivity contribution in [2.75, 3.05) is 26.2 Å². The fraction of sp³-hybridized carbons (Fsp3) is 0.455. The van der Waals surface area contributed by atoms with Gasteiger partial charge in [0.1, 0.15) is 0 Å². The van der Waals surface area contributed by atoms with Crippen molar-refractivity contribution < 1.29 is 21.6 Å². The Morgan fingerprint density at radius 2 is 1.80 bits per heavy atom. The van der Waals surface area contributed by atoms with E-state index in [0.717, 1.165) is 12.1 Å². The number of halogens is 4. The molecule has 112 valence electrons. The predicted octanol–water partition coefficient (Wildman–Crippen LogP) is 2.06. The highest BCUT2D eigenvalue weighted by Gasteiger charge is 2.34. The van der Waals surface area contributed by atoms with E-state index in [0.29, 0.717) is 19.2 Å². The summed E-state index contributed by atoms with van der Waals surface area (Å²) in [5.41, 5.74) is -0.977. The standard InChI is InChI=1S/C11H12BrF3N2O2S/c12-9-2-1-8(11(13,14)15)7-10(9)20(18,19)17-5-3-16-4-6-17/h1-2,7,16H,3-6H2. The molecule has 1 aromatic rings. The number of rotatable bonds is 2. The Labute approximate surface area is 123 Å². The summed E-state index contributed by atoms with van der Waals surface area (Å²) in [5.74, 6) is 0. The highest BCUT2D eigenvalue weighted by atomic mass is 79.9. The molecular weight excluding hydrogens is 361 g/mol. The molecule has 1 aliphatic rings. The van der Waals surface area contributed by atoms with Crippen LogP contribution in [0.2, 0.25) is 0 Å². The van der Waals surface area contributed by atoms with Gasteiger partial charge in [0.15, 0.2) is 0 Å². The molecule has 1 saturated heterocycles. The smallest absolute Gasteiger partial charge is 0.314 e. The highest BCUT2D eigenvalue weighted by Crippen LogP contribution is 2.34. The number of hydrogen-bond acceptors (Lipinski definition) is 3. The van der Waals surface area contributed by atoms with Gasteiger partial charge >= 0.3 is 6.18 Å². The van der Waals surface area contributed by atoms with E-state index >= 15 is 0 Å². The lowest BCUT2D eigenvalue weighted by Crippen LogP contribution is -2.46. The summed E-state index contributed by atoms with van der Waals surface area (Å²) in [6.07, 6.45) is -4.57. The third kappa shape index (κ3) is 3.16. The lowest BCUT2D eigenvalue weighted by atomic mass is 10.2. The van der Waals surface area contributed by atoms with Crippen LogP contribution in [0.5, 0.6) is 0 Å². The number of benzene rings is 1. The van der Waals surface area contributed by atoms with Gasteiger partial charge in [0.2, 0.25) is 10.0 Å². The number of sulfonamides is 1. The highest BCUT2D eigenvalue weighted by molar-refractivity contribution is 9.10. The molecule has 0 aromatic heterocycles. The molecule has 1 heterocycles. The average molecular weight is 373 g/mol. The second kappa shape index (κ2) is 5.63. The van der Waals surface area contributed by atoms with Crippen LogP contribution >= 0.6 is 15.9 Å². The molecule has 9 heteroatoms. The monoisotopic (exact) mass is 372 g/mol. The molecule has 2 rings (SSSR count). The molecule has 1 aliphatic heterocycles. The van der Waals surface area contributed by atoms with Gasteiger partial charge in [-0.1, -0.05) is 0 Å². The number of nitrogens with zero attached hydrogens (tertiary/aromatic N) is 1. The molecule has 20 heavy (non-hydrogen) atoms. The minimum Gasteiger partial charge on any atom is -0.314 e. The molecule has 1 N–H and O–H groups in total. The molecule has 0 amide bonds. The first-order chi connectivity index (χ1) is 9.23. The summed E-state index contributed by atoms with van der Waals surface area (Å²) < 4.78 is 64.2. The van der Waals surface area contributed by atoms with Crippen molar-refractivity contribution in [2.24, 2.45) is 0 Å². The first-order valence-corrected chi connectivity index (χ1v) is 8.04. The van der Waals surface area contributed by atoms with E-state index in [9.17, 15) is 21.6 Å². The van der Waals surface area contributed by atoms with Crippen molar-refractivity contribution in [3.63, 3.8) is 0 Å². The van der Waals surface area contributed by atoms with Gasteiger partial charge in [-0.25, -0.2) is 8.42 Å². The molecule has 0 atom stereocenters. The molecule has 0 unspecified atom stereocenters. The molecule has 0 bridgehead atoms. The van der Waals surface area contributed by atoms with Gasteiger partial charge in [-0.3, -0.25) is 0 Å². The fourth-order valence-corrected chi connectivity index (χ4v) is 4.29. The fourth-order valence-electron chi connectivity index (χ4n) is 1.90. The van der Waals surface area contributed by atoms with Crippen molar-refractivity contribution >= 4 is 26.0 Å². The topological polar surface area (TPSA) is 49.4 Å². The maximum atomic E-state index is 12.7. The third-order valence-electron chi connectivity index (χ3n) is 2.95. The van der Waals surface area contributed by atoms with E-state index in [1.165, 1.54) is 4.31 Å². The molecule has 0 aliphatic carbocycles. The molecule has 0 radical (unpaired) electrons. The summed E-state index contributed by atoms with van der Waals surface area (Å²) in [6, 6.07) is 2.63. The van der Waals surface area contributed by atoms with Crippen LogP contribution in [0.3, 0.4) is 0 Å². The maximum Gasteiger partial charge on any atom is 0.416 e. The molecule has 0 spiro atoms. The number of alkyl halides is 3. The largest absolute Gasteiger partial charge is 0.416 e. The van der Waals surface area contributed by atoms with Gasteiger partial charge in [0.05, 0.1) is 10.5 Å². The van der Waals surface area contributed by atoms with E-state index < -0.39 is 21.8 Å². The van der Waals surface area contributed by atoms with Crippen molar-refractivity contribution in [3.05, 3.63) is 28.2 Å². The number of hydrogen-bond donors (Lipinski definition) is 1. The van der Waals surface area contributed by atoms with Crippen molar-refractivity contribution in [2.45, 2.75) is 11.1 Å². The van der Waals surface area contributed by atoms with Crippen LogP contribution in [-0.4, -0.2) is 38.9 Å². The van der Waals surface area contributed by atoms with Crippen LogP contribution < -0.4 is 5.32 Å². The Morgan fingerprint density at radius 3 is 2.35 bits per heavy atom. The summed E-state index contributed by atoms with van der Waals surface area (Å²) >= 11 is 3.01. The third-order valence-corrected chi connectivity index (χ3v) is 5.84. The SMILES string of the molecule is O=S(=O)(c1cc(C(F)(F)F)ccc1Br)N1CCNCC1. The zero-order valence-electron chi connectivity index (χ0n) is 10.2. The number of nitrogens with one attached hydrogen (secondary N) is 1. The molecule has 1 aromatic carbocycles. The van der Waals surface area contributed by atoms with Gasteiger partial charge in [-0.2, -0.15) is 17.5 Å². The van der Waals surface area contributed by atoms with E-state index in [2.05, 4.69) is 21.2 Å². The van der Waals surface area contributed by atoms with Crippen LogP contribution in [0.25, 0.3) is 0 Å². The van der Waals surface area contributed by atoms with Crippen molar-refractivity contribution in [1.82, 2.24) is 9.62 Å². The molecule has 0 saturated carbocycles. The zero-order chi connectivity index (χ0) is 15.0. The molecule has 4 nitrogen and oxygen atoms in total. The van der Waals surface area contributed by atoms with Crippen LogP contribution in [0.15, 0.2) is 27.6 Å². The van der Waals surface area contributed by atoms with Gasteiger partial charge in [0.25, 0.3) is 0 Å². The Kier molecular flexibility index (Phi) is 4.43. The minimum atomic E-state index is -4.57. The maximum absolute atomic E-state index is 12.7. The Morgan fingerprint density at radius 1 is 1.20 bits per heavy atom. The molecule has 1 fully saturated rings. The minimum absolute atomic E-state index is 0.129.